The van der Waals surface area contributed by atoms with Crippen LogP contribution < -0.4 is 0 Å². The van der Waals surface area contributed by atoms with Gasteiger partial charge >= 0.3 is 0 Å². The Labute approximate surface area is 188 Å². The van der Waals surface area contributed by atoms with Crippen LogP contribution >= 0.6 is 0 Å². The number of aromatic nitrogens is 3. The molecule has 5 rings (SSSR count). The summed E-state index contributed by atoms with van der Waals surface area (Å²) in [5, 5.41) is 8.49. The van der Waals surface area contributed by atoms with Gasteiger partial charge in [0.15, 0.2) is 0 Å². The van der Waals surface area contributed by atoms with Gasteiger partial charge in [-0.05, 0) is 49.6 Å². The first kappa shape index (κ1) is 22.6. The van der Waals surface area contributed by atoms with Crippen LogP contribution in [0.3, 0.4) is 0 Å². The van der Waals surface area contributed by atoms with Crippen molar-refractivity contribution in [3.05, 3.63) is 83.9 Å². The smallest absolute Gasteiger partial charge is 0.150 e. The van der Waals surface area contributed by atoms with Gasteiger partial charge in [-0.15, -0.1) is 10.2 Å². The van der Waals surface area contributed by atoms with E-state index < -0.39 is 0 Å². The maximum atomic E-state index is 13.1. The quantitative estimate of drug-likeness (QED) is 0.586. The van der Waals surface area contributed by atoms with E-state index in [1.807, 2.05) is 12.1 Å². The van der Waals surface area contributed by atoms with Gasteiger partial charge in [0.2, 0.25) is 0 Å². The summed E-state index contributed by atoms with van der Waals surface area (Å²) in [4.78, 5) is 5.15. The van der Waals surface area contributed by atoms with Crippen LogP contribution in [0.25, 0.3) is 0 Å². The van der Waals surface area contributed by atoms with E-state index in [-0.39, 0.29) is 17.7 Å². The van der Waals surface area contributed by atoms with E-state index in [9.17, 15) is 8.78 Å². The first-order valence-corrected chi connectivity index (χ1v) is 11.4. The van der Waals surface area contributed by atoms with Gasteiger partial charge in [-0.25, -0.2) is 8.78 Å². The number of piperazine rings is 1. The normalized spacial score (nSPS) is 18.5. The van der Waals surface area contributed by atoms with Crippen molar-refractivity contribution in [3.63, 3.8) is 0 Å². The van der Waals surface area contributed by atoms with Gasteiger partial charge in [0, 0.05) is 32.2 Å². The Morgan fingerprint density at radius 1 is 0.906 bits per heavy atom. The molecule has 0 bridgehead atoms. The molecule has 7 heteroatoms. The van der Waals surface area contributed by atoms with Crippen molar-refractivity contribution in [1.82, 2.24) is 24.6 Å². The minimum atomic E-state index is -0.203. The molecule has 2 fully saturated rings. The first-order chi connectivity index (χ1) is 15.6. The van der Waals surface area contributed by atoms with E-state index in [0.29, 0.717) is 6.54 Å². The van der Waals surface area contributed by atoms with Crippen LogP contribution in [0.5, 0.6) is 0 Å². The van der Waals surface area contributed by atoms with Gasteiger partial charge in [-0.3, -0.25) is 9.80 Å². The van der Waals surface area contributed by atoms with Crippen LogP contribution in [-0.2, 0) is 6.54 Å². The molecule has 1 unspecified atom stereocenters. The molecule has 1 saturated carbocycles. The zero-order chi connectivity index (χ0) is 22.3. The lowest BCUT2D eigenvalue weighted by Gasteiger charge is -2.44. The molecule has 170 valence electrons. The lowest BCUT2D eigenvalue weighted by molar-refractivity contribution is 0.0436. The highest BCUT2D eigenvalue weighted by Gasteiger charge is 2.30. The van der Waals surface area contributed by atoms with Crippen molar-refractivity contribution in [2.45, 2.75) is 44.8 Å². The summed E-state index contributed by atoms with van der Waals surface area (Å²) >= 11 is 0. The fraction of sp³-hybridized carbons (Fsp3) is 0.440. The number of nitrogens with zero attached hydrogens (tertiary/aromatic N) is 5. The largest absolute Gasteiger partial charge is 0.312 e. The summed E-state index contributed by atoms with van der Waals surface area (Å²) in [6.45, 7) is 7.36. The van der Waals surface area contributed by atoms with Crippen LogP contribution in [0.4, 0.5) is 8.78 Å². The van der Waals surface area contributed by atoms with Crippen LogP contribution in [-0.4, -0.2) is 56.8 Å². The first-order valence-electron chi connectivity index (χ1n) is 11.4. The minimum Gasteiger partial charge on any atom is -0.312 e. The molecule has 1 aromatic heterocycles. The summed E-state index contributed by atoms with van der Waals surface area (Å²) in [5.74, 6) is 0.606. The lowest BCUT2D eigenvalue weighted by Crippen LogP contribution is -2.52. The Kier molecular flexibility index (Phi) is 7.60. The van der Waals surface area contributed by atoms with E-state index in [4.69, 9.17) is 0 Å². The molecule has 1 aliphatic heterocycles. The van der Waals surface area contributed by atoms with Gasteiger partial charge in [0.25, 0.3) is 0 Å². The predicted molar refractivity (Wildman–Crippen MR) is 121 cm³/mol. The third kappa shape index (κ3) is 5.78. The summed E-state index contributed by atoms with van der Waals surface area (Å²) in [7, 11) is 0. The summed E-state index contributed by atoms with van der Waals surface area (Å²) < 4.78 is 27.1. The molecule has 0 amide bonds. The molecule has 5 nitrogen and oxygen atoms in total. The standard InChI is InChI=1S/C19H26FN5.C6H5F/c1-15(23-9-11-24(12-10-23)18-3-2-4-18)19-22-21-14-25(19)13-16-5-7-17(20)8-6-16;7-6-4-2-1-3-5-6/h5-8,14-15,18H,2-4,9-13H2,1H3;1-5H. The van der Waals surface area contributed by atoms with Crippen molar-refractivity contribution >= 4 is 0 Å². The average Bonchev–Trinajstić information content (AvgIpc) is 3.23. The molecule has 0 N–H and O–H groups in total. The van der Waals surface area contributed by atoms with Crippen molar-refractivity contribution in [1.29, 1.82) is 0 Å². The number of rotatable bonds is 5. The average molecular weight is 440 g/mol. The molecule has 1 aliphatic carbocycles. The van der Waals surface area contributed by atoms with Crippen molar-refractivity contribution in [2.75, 3.05) is 26.2 Å². The van der Waals surface area contributed by atoms with Crippen LogP contribution in [0.2, 0.25) is 0 Å². The van der Waals surface area contributed by atoms with Gasteiger partial charge < -0.3 is 4.57 Å². The fourth-order valence-corrected chi connectivity index (χ4v) is 4.32. The molecule has 1 saturated heterocycles. The van der Waals surface area contributed by atoms with E-state index in [1.165, 1.54) is 43.5 Å². The third-order valence-electron chi connectivity index (χ3n) is 6.51. The molecule has 2 aliphatic rings. The molecule has 3 aromatic rings. The Bertz CT molecular complexity index is 948. The van der Waals surface area contributed by atoms with Crippen LogP contribution in [0.1, 0.15) is 43.6 Å². The van der Waals surface area contributed by atoms with E-state index in [2.05, 4.69) is 31.5 Å². The second-order valence-corrected chi connectivity index (χ2v) is 8.57. The maximum Gasteiger partial charge on any atom is 0.150 e. The second-order valence-electron chi connectivity index (χ2n) is 8.57. The third-order valence-corrected chi connectivity index (χ3v) is 6.51. The Hall–Kier alpha value is -2.64. The van der Waals surface area contributed by atoms with Crippen molar-refractivity contribution in [2.24, 2.45) is 0 Å². The van der Waals surface area contributed by atoms with Gasteiger partial charge in [0.05, 0.1) is 12.6 Å². The van der Waals surface area contributed by atoms with E-state index in [0.717, 1.165) is 43.6 Å². The Morgan fingerprint density at radius 2 is 1.56 bits per heavy atom. The second kappa shape index (κ2) is 10.8. The lowest BCUT2D eigenvalue weighted by atomic mass is 9.91. The molecule has 2 heterocycles. The van der Waals surface area contributed by atoms with Crippen LogP contribution in [0.15, 0.2) is 60.9 Å². The van der Waals surface area contributed by atoms with Gasteiger partial charge in [-0.1, -0.05) is 36.8 Å². The molecule has 0 radical (unpaired) electrons. The predicted octanol–water partition coefficient (Wildman–Crippen LogP) is 4.52. The number of benzene rings is 2. The number of hydrogen-bond acceptors (Lipinski definition) is 4. The van der Waals surface area contributed by atoms with Gasteiger partial charge in [-0.2, -0.15) is 0 Å². The topological polar surface area (TPSA) is 37.2 Å². The van der Waals surface area contributed by atoms with Gasteiger partial charge in [0.1, 0.15) is 23.8 Å². The molecule has 32 heavy (non-hydrogen) atoms. The molecule has 2 aromatic carbocycles. The number of halogens is 2. The fourth-order valence-electron chi connectivity index (χ4n) is 4.32. The Balaban J connectivity index is 0.000000300. The summed E-state index contributed by atoms with van der Waals surface area (Å²) in [5.41, 5.74) is 1.06. The maximum absolute atomic E-state index is 13.1. The van der Waals surface area contributed by atoms with Crippen LogP contribution in [0, 0.1) is 11.6 Å². The zero-order valence-electron chi connectivity index (χ0n) is 18.6. The van der Waals surface area contributed by atoms with E-state index in [1.54, 1.807) is 24.5 Å². The zero-order valence-corrected chi connectivity index (χ0v) is 18.6. The van der Waals surface area contributed by atoms with Crippen molar-refractivity contribution < 1.29 is 8.78 Å². The monoisotopic (exact) mass is 439 g/mol. The Morgan fingerprint density at radius 3 is 2.12 bits per heavy atom. The number of hydrogen-bond donors (Lipinski definition) is 0. The highest BCUT2D eigenvalue weighted by atomic mass is 19.1. The highest BCUT2D eigenvalue weighted by molar-refractivity contribution is 5.17. The highest BCUT2D eigenvalue weighted by Crippen LogP contribution is 2.27. The molecular formula is C25H31F2N5. The summed E-state index contributed by atoms with van der Waals surface area (Å²) in [6.07, 6.45) is 5.93. The minimum absolute atomic E-state index is 0.178. The SMILES string of the molecule is CC(c1nncn1Cc1ccc(F)cc1)N1CCN(C2CCC2)CC1.Fc1ccccc1. The molecule has 1 atom stereocenters. The molecular weight excluding hydrogens is 408 g/mol. The van der Waals surface area contributed by atoms with Crippen molar-refractivity contribution in [3.8, 4) is 0 Å². The molecule has 0 spiro atoms. The summed E-state index contributed by atoms with van der Waals surface area (Å²) in [6, 6.07) is 15.7. The van der Waals surface area contributed by atoms with E-state index >= 15 is 0 Å².